The maximum absolute atomic E-state index is 14.2. The van der Waals surface area contributed by atoms with Gasteiger partial charge in [0.25, 0.3) is 0 Å². The van der Waals surface area contributed by atoms with E-state index in [0.29, 0.717) is 16.1 Å². The van der Waals surface area contributed by atoms with Crippen LogP contribution < -0.4 is 4.74 Å². The summed E-state index contributed by atoms with van der Waals surface area (Å²) in [5, 5.41) is 11.1. The number of ether oxygens (including phenoxy) is 1. The quantitative estimate of drug-likeness (QED) is 0.925. The first-order chi connectivity index (χ1) is 9.45. The monoisotopic (exact) mass is 294 g/mol. The van der Waals surface area contributed by atoms with Crippen LogP contribution in [0.5, 0.6) is 5.75 Å². The Morgan fingerprint density at radius 1 is 1.20 bits per heavy atom. The highest BCUT2D eigenvalue weighted by Gasteiger charge is 2.27. The predicted octanol–water partition coefficient (Wildman–Crippen LogP) is 3.94. The summed E-state index contributed by atoms with van der Waals surface area (Å²) < 4.78 is 19.1. The van der Waals surface area contributed by atoms with Crippen molar-refractivity contribution < 1.29 is 14.2 Å². The van der Waals surface area contributed by atoms with Gasteiger partial charge in [0, 0.05) is 17.0 Å². The Hall–Kier alpha value is -1.58. The molecule has 1 atom stereocenters. The van der Waals surface area contributed by atoms with E-state index in [0.717, 1.165) is 0 Å². The number of benzene rings is 2. The van der Waals surface area contributed by atoms with Crippen LogP contribution in [0.1, 0.15) is 18.1 Å². The van der Waals surface area contributed by atoms with Gasteiger partial charge in [-0.2, -0.15) is 0 Å². The Balaban J connectivity index is 2.36. The summed E-state index contributed by atoms with van der Waals surface area (Å²) in [6, 6.07) is 11.9. The molecule has 0 aliphatic rings. The summed E-state index contributed by atoms with van der Waals surface area (Å²) in [6.07, 6.45) is 0.111. The van der Waals surface area contributed by atoms with Gasteiger partial charge in [0.2, 0.25) is 0 Å². The van der Waals surface area contributed by atoms with Crippen molar-refractivity contribution in [1.29, 1.82) is 0 Å². The van der Waals surface area contributed by atoms with Crippen LogP contribution in [0.3, 0.4) is 0 Å². The van der Waals surface area contributed by atoms with Gasteiger partial charge in [0.1, 0.15) is 0 Å². The molecule has 0 radical (unpaired) electrons. The number of hydrogen-bond acceptors (Lipinski definition) is 2. The fourth-order valence-electron chi connectivity index (χ4n) is 2.21. The van der Waals surface area contributed by atoms with E-state index in [2.05, 4.69) is 0 Å². The molecule has 0 aromatic heterocycles. The Morgan fingerprint density at radius 2 is 1.90 bits per heavy atom. The molecule has 0 bridgehead atoms. The van der Waals surface area contributed by atoms with Crippen LogP contribution in [0.25, 0.3) is 0 Å². The minimum atomic E-state index is -1.26. The van der Waals surface area contributed by atoms with Crippen molar-refractivity contribution in [2.24, 2.45) is 0 Å². The minimum Gasteiger partial charge on any atom is -0.494 e. The van der Waals surface area contributed by atoms with Crippen molar-refractivity contribution in [2.75, 3.05) is 7.11 Å². The zero-order valence-corrected chi connectivity index (χ0v) is 12.1. The summed E-state index contributed by atoms with van der Waals surface area (Å²) in [7, 11) is 1.41. The molecule has 1 unspecified atom stereocenters. The Labute approximate surface area is 122 Å². The zero-order chi connectivity index (χ0) is 14.8. The number of rotatable bonds is 4. The van der Waals surface area contributed by atoms with Gasteiger partial charge in [-0.25, -0.2) is 4.39 Å². The Bertz CT molecular complexity index is 611. The third kappa shape index (κ3) is 2.94. The number of methoxy groups -OCH3 is 1. The topological polar surface area (TPSA) is 29.5 Å². The van der Waals surface area contributed by atoms with Gasteiger partial charge < -0.3 is 9.84 Å². The van der Waals surface area contributed by atoms with Gasteiger partial charge in [-0.05, 0) is 24.6 Å². The average molecular weight is 295 g/mol. The van der Waals surface area contributed by atoms with Crippen molar-refractivity contribution in [3.05, 3.63) is 64.4 Å². The molecule has 0 heterocycles. The van der Waals surface area contributed by atoms with Crippen LogP contribution in [0.15, 0.2) is 42.5 Å². The van der Waals surface area contributed by atoms with Crippen LogP contribution in [0, 0.1) is 5.82 Å². The second kappa shape index (κ2) is 5.81. The Morgan fingerprint density at radius 3 is 2.55 bits per heavy atom. The van der Waals surface area contributed by atoms with Gasteiger partial charge in [-0.15, -0.1) is 0 Å². The Kier molecular flexibility index (Phi) is 4.31. The third-order valence-corrected chi connectivity index (χ3v) is 3.58. The highest BCUT2D eigenvalue weighted by atomic mass is 35.5. The number of aliphatic hydroxyl groups is 1. The standard InChI is InChI=1S/C16H16ClFO2/c1-16(19,12-7-3-4-8-13(12)17)10-11-6-5-9-14(20-2)15(11)18/h3-9,19H,10H2,1-2H3. The maximum atomic E-state index is 14.2. The van der Waals surface area contributed by atoms with Gasteiger partial charge in [0.15, 0.2) is 11.6 Å². The van der Waals surface area contributed by atoms with E-state index in [-0.39, 0.29) is 12.2 Å². The molecule has 2 aromatic rings. The second-order valence-corrected chi connectivity index (χ2v) is 5.27. The normalized spacial score (nSPS) is 13.8. The molecule has 0 saturated heterocycles. The molecule has 2 rings (SSSR count). The zero-order valence-electron chi connectivity index (χ0n) is 11.4. The fourth-order valence-corrected chi connectivity index (χ4v) is 2.55. The summed E-state index contributed by atoms with van der Waals surface area (Å²) in [4.78, 5) is 0. The molecule has 0 aliphatic carbocycles. The predicted molar refractivity (Wildman–Crippen MR) is 77.7 cm³/mol. The van der Waals surface area contributed by atoms with E-state index in [1.54, 1.807) is 49.4 Å². The van der Waals surface area contributed by atoms with E-state index in [9.17, 15) is 9.50 Å². The molecular formula is C16H16ClFO2. The van der Waals surface area contributed by atoms with Crippen LogP contribution in [0.4, 0.5) is 4.39 Å². The van der Waals surface area contributed by atoms with E-state index in [1.807, 2.05) is 0 Å². The van der Waals surface area contributed by atoms with Crippen molar-refractivity contribution in [1.82, 2.24) is 0 Å². The molecule has 2 aromatic carbocycles. The van der Waals surface area contributed by atoms with Crippen molar-refractivity contribution in [3.63, 3.8) is 0 Å². The molecular weight excluding hydrogens is 279 g/mol. The molecule has 106 valence electrons. The minimum absolute atomic E-state index is 0.111. The van der Waals surface area contributed by atoms with E-state index in [1.165, 1.54) is 7.11 Å². The molecule has 2 nitrogen and oxygen atoms in total. The lowest BCUT2D eigenvalue weighted by molar-refractivity contribution is 0.0567. The van der Waals surface area contributed by atoms with Crippen LogP contribution in [-0.4, -0.2) is 12.2 Å². The van der Waals surface area contributed by atoms with Gasteiger partial charge in [-0.1, -0.05) is 41.9 Å². The molecule has 0 fully saturated rings. The summed E-state index contributed by atoms with van der Waals surface area (Å²) in [5.41, 5.74) is -0.302. The smallest absolute Gasteiger partial charge is 0.168 e. The number of halogens is 2. The molecule has 20 heavy (non-hydrogen) atoms. The first-order valence-electron chi connectivity index (χ1n) is 6.24. The van der Waals surface area contributed by atoms with Gasteiger partial charge >= 0.3 is 0 Å². The first kappa shape index (κ1) is 14.8. The van der Waals surface area contributed by atoms with Crippen LogP contribution in [-0.2, 0) is 12.0 Å². The van der Waals surface area contributed by atoms with Gasteiger partial charge in [-0.3, -0.25) is 0 Å². The van der Waals surface area contributed by atoms with E-state index >= 15 is 0 Å². The summed E-state index contributed by atoms with van der Waals surface area (Å²) >= 11 is 6.09. The lowest BCUT2D eigenvalue weighted by atomic mass is 9.89. The molecule has 0 spiro atoms. The molecule has 0 saturated carbocycles. The van der Waals surface area contributed by atoms with Crippen molar-refractivity contribution in [3.8, 4) is 5.75 Å². The van der Waals surface area contributed by atoms with Crippen molar-refractivity contribution >= 4 is 11.6 Å². The summed E-state index contributed by atoms with van der Waals surface area (Å²) in [6.45, 7) is 1.62. The number of hydrogen-bond donors (Lipinski definition) is 1. The highest BCUT2D eigenvalue weighted by Crippen LogP contribution is 2.32. The molecule has 4 heteroatoms. The van der Waals surface area contributed by atoms with Crippen LogP contribution in [0.2, 0.25) is 5.02 Å². The van der Waals surface area contributed by atoms with Crippen molar-refractivity contribution in [2.45, 2.75) is 18.9 Å². The average Bonchev–Trinajstić information content (AvgIpc) is 2.41. The first-order valence-corrected chi connectivity index (χ1v) is 6.62. The molecule has 1 N–H and O–H groups in total. The second-order valence-electron chi connectivity index (χ2n) is 4.86. The SMILES string of the molecule is COc1cccc(CC(C)(O)c2ccccc2Cl)c1F. The van der Waals surface area contributed by atoms with Gasteiger partial charge in [0.05, 0.1) is 12.7 Å². The largest absolute Gasteiger partial charge is 0.494 e. The van der Waals surface area contributed by atoms with E-state index in [4.69, 9.17) is 16.3 Å². The van der Waals surface area contributed by atoms with E-state index < -0.39 is 11.4 Å². The molecule has 0 aliphatic heterocycles. The third-order valence-electron chi connectivity index (χ3n) is 3.25. The van der Waals surface area contributed by atoms with Crippen LogP contribution >= 0.6 is 11.6 Å². The summed E-state index contributed by atoms with van der Waals surface area (Å²) in [5.74, 6) is -0.292. The lowest BCUT2D eigenvalue weighted by Gasteiger charge is -2.25. The molecule has 0 amide bonds. The fraction of sp³-hybridized carbons (Fsp3) is 0.250. The highest BCUT2D eigenvalue weighted by molar-refractivity contribution is 6.31. The lowest BCUT2D eigenvalue weighted by Crippen LogP contribution is -2.25. The maximum Gasteiger partial charge on any atom is 0.168 e.